The largest absolute Gasteiger partial charge is 0.364 e. The smallest absolute Gasteiger partial charge is 0.180 e. The predicted molar refractivity (Wildman–Crippen MR) is 64.2 cm³/mol. The van der Waals surface area contributed by atoms with Gasteiger partial charge in [0.05, 0.1) is 11.4 Å². The molecule has 4 heteroatoms. The quantitative estimate of drug-likeness (QED) is 0.626. The van der Waals surface area contributed by atoms with E-state index >= 15 is 0 Å². The summed E-state index contributed by atoms with van der Waals surface area (Å²) in [5, 5.41) is 26.3. The zero-order chi connectivity index (χ0) is 12.1. The first-order valence-corrected chi connectivity index (χ1v) is 5.19. The molecule has 0 atom stereocenters. The Kier molecular flexibility index (Phi) is 3.59. The fourth-order valence-electron chi connectivity index (χ4n) is 1.40. The molecule has 0 aliphatic carbocycles. The SMILES string of the molecule is OC(O)c1ccccc1N=Nc1ccccc1. The Morgan fingerprint density at radius 1 is 0.765 bits per heavy atom. The first-order valence-electron chi connectivity index (χ1n) is 5.19. The molecule has 0 heterocycles. The molecular formula is C13H12N2O2. The molecule has 0 bridgehead atoms. The summed E-state index contributed by atoms with van der Waals surface area (Å²) in [7, 11) is 0. The molecule has 0 aliphatic heterocycles. The number of nitrogens with zero attached hydrogens (tertiary/aromatic N) is 2. The van der Waals surface area contributed by atoms with Gasteiger partial charge in [-0.25, -0.2) is 0 Å². The van der Waals surface area contributed by atoms with Gasteiger partial charge in [-0.3, -0.25) is 0 Å². The normalized spacial score (nSPS) is 11.2. The fourth-order valence-corrected chi connectivity index (χ4v) is 1.40. The van der Waals surface area contributed by atoms with Gasteiger partial charge in [0.25, 0.3) is 0 Å². The fraction of sp³-hybridized carbons (Fsp3) is 0.0769. The lowest BCUT2D eigenvalue weighted by Crippen LogP contribution is -1.94. The van der Waals surface area contributed by atoms with Crippen molar-refractivity contribution in [2.45, 2.75) is 6.29 Å². The highest BCUT2D eigenvalue weighted by Gasteiger charge is 2.07. The second kappa shape index (κ2) is 5.34. The van der Waals surface area contributed by atoms with Crippen molar-refractivity contribution < 1.29 is 10.2 Å². The summed E-state index contributed by atoms with van der Waals surface area (Å²) >= 11 is 0. The van der Waals surface area contributed by atoms with Crippen molar-refractivity contribution >= 4 is 11.4 Å². The molecule has 0 saturated heterocycles. The Bertz CT molecular complexity index is 510. The van der Waals surface area contributed by atoms with Crippen molar-refractivity contribution in [2.75, 3.05) is 0 Å². The highest BCUT2D eigenvalue weighted by molar-refractivity contribution is 5.46. The number of benzene rings is 2. The molecule has 0 fully saturated rings. The molecule has 0 amide bonds. The average Bonchev–Trinajstić information content (AvgIpc) is 2.38. The molecule has 0 aromatic heterocycles. The Labute approximate surface area is 98.9 Å². The zero-order valence-corrected chi connectivity index (χ0v) is 9.06. The summed E-state index contributed by atoms with van der Waals surface area (Å²) < 4.78 is 0. The van der Waals surface area contributed by atoms with Crippen molar-refractivity contribution in [1.29, 1.82) is 0 Å². The van der Waals surface area contributed by atoms with Crippen LogP contribution in [0.4, 0.5) is 11.4 Å². The van der Waals surface area contributed by atoms with Gasteiger partial charge in [0, 0.05) is 5.56 Å². The van der Waals surface area contributed by atoms with Crippen molar-refractivity contribution in [3.63, 3.8) is 0 Å². The van der Waals surface area contributed by atoms with Crippen molar-refractivity contribution in [1.82, 2.24) is 0 Å². The Balaban J connectivity index is 2.27. The second-order valence-electron chi connectivity index (χ2n) is 3.47. The minimum atomic E-state index is -1.54. The van der Waals surface area contributed by atoms with Crippen LogP contribution in [-0.4, -0.2) is 10.2 Å². The van der Waals surface area contributed by atoms with Crippen LogP contribution >= 0.6 is 0 Å². The van der Waals surface area contributed by atoms with E-state index < -0.39 is 6.29 Å². The first-order chi connectivity index (χ1) is 8.27. The standard InChI is InChI=1S/C13H12N2O2/c16-13(17)11-8-4-5-9-12(11)15-14-10-6-2-1-3-7-10/h1-9,13,16-17H. The molecule has 2 N–H and O–H groups in total. The zero-order valence-electron chi connectivity index (χ0n) is 9.06. The highest BCUT2D eigenvalue weighted by Crippen LogP contribution is 2.25. The number of aliphatic hydroxyl groups is 2. The summed E-state index contributed by atoms with van der Waals surface area (Å²) in [6, 6.07) is 16.0. The van der Waals surface area contributed by atoms with E-state index in [2.05, 4.69) is 10.2 Å². The molecule has 86 valence electrons. The maximum atomic E-state index is 9.16. The van der Waals surface area contributed by atoms with Crippen LogP contribution in [0.2, 0.25) is 0 Å². The molecule has 0 spiro atoms. The van der Waals surface area contributed by atoms with Crippen molar-refractivity contribution in [3.8, 4) is 0 Å². The van der Waals surface area contributed by atoms with Crippen LogP contribution in [-0.2, 0) is 0 Å². The van der Waals surface area contributed by atoms with Crippen LogP contribution in [0.5, 0.6) is 0 Å². The topological polar surface area (TPSA) is 65.2 Å². The number of hydrogen-bond donors (Lipinski definition) is 2. The van der Waals surface area contributed by atoms with Crippen LogP contribution in [0.25, 0.3) is 0 Å². The predicted octanol–water partition coefficient (Wildman–Crippen LogP) is 3.09. The maximum absolute atomic E-state index is 9.16. The van der Waals surface area contributed by atoms with E-state index in [9.17, 15) is 0 Å². The molecule has 2 rings (SSSR count). The third kappa shape index (κ3) is 2.96. The van der Waals surface area contributed by atoms with E-state index in [1.54, 1.807) is 24.3 Å². The number of aliphatic hydroxyl groups excluding tert-OH is 1. The third-order valence-electron chi connectivity index (χ3n) is 2.24. The minimum absolute atomic E-state index is 0.340. The van der Waals surface area contributed by atoms with Gasteiger partial charge < -0.3 is 10.2 Å². The molecule has 17 heavy (non-hydrogen) atoms. The van der Waals surface area contributed by atoms with Crippen LogP contribution < -0.4 is 0 Å². The van der Waals surface area contributed by atoms with Gasteiger partial charge in [-0.2, -0.15) is 10.2 Å². The van der Waals surface area contributed by atoms with Gasteiger partial charge in [0.1, 0.15) is 0 Å². The summed E-state index contributed by atoms with van der Waals surface area (Å²) in [6.07, 6.45) is -1.54. The summed E-state index contributed by atoms with van der Waals surface area (Å²) in [5.74, 6) is 0. The van der Waals surface area contributed by atoms with Crippen LogP contribution in [0.15, 0.2) is 64.8 Å². The van der Waals surface area contributed by atoms with E-state index in [1.807, 2.05) is 30.3 Å². The summed E-state index contributed by atoms with van der Waals surface area (Å²) in [6.45, 7) is 0. The molecule has 2 aromatic carbocycles. The molecule has 0 saturated carbocycles. The molecule has 0 unspecified atom stereocenters. The second-order valence-corrected chi connectivity index (χ2v) is 3.47. The number of hydrogen-bond acceptors (Lipinski definition) is 4. The lowest BCUT2D eigenvalue weighted by molar-refractivity contribution is -0.0420. The van der Waals surface area contributed by atoms with Gasteiger partial charge in [-0.05, 0) is 18.2 Å². The molecule has 2 aromatic rings. The van der Waals surface area contributed by atoms with E-state index in [1.165, 1.54) is 0 Å². The Morgan fingerprint density at radius 2 is 1.41 bits per heavy atom. The summed E-state index contributed by atoms with van der Waals surface area (Å²) in [5.41, 5.74) is 1.51. The Morgan fingerprint density at radius 3 is 2.12 bits per heavy atom. The minimum Gasteiger partial charge on any atom is -0.364 e. The lowest BCUT2D eigenvalue weighted by Gasteiger charge is -2.05. The van der Waals surface area contributed by atoms with Gasteiger partial charge in [0.15, 0.2) is 6.29 Å². The maximum Gasteiger partial charge on any atom is 0.180 e. The van der Waals surface area contributed by atoms with E-state index in [4.69, 9.17) is 10.2 Å². The van der Waals surface area contributed by atoms with E-state index in [-0.39, 0.29) is 0 Å². The first kappa shape index (κ1) is 11.4. The third-order valence-corrected chi connectivity index (χ3v) is 2.24. The van der Waals surface area contributed by atoms with E-state index in [0.29, 0.717) is 11.3 Å². The molecule has 0 radical (unpaired) electrons. The number of rotatable bonds is 3. The van der Waals surface area contributed by atoms with Gasteiger partial charge >= 0.3 is 0 Å². The molecule has 4 nitrogen and oxygen atoms in total. The van der Waals surface area contributed by atoms with Crippen molar-refractivity contribution in [2.24, 2.45) is 10.2 Å². The van der Waals surface area contributed by atoms with Crippen LogP contribution in [0.1, 0.15) is 11.9 Å². The van der Waals surface area contributed by atoms with Crippen LogP contribution in [0, 0.1) is 0 Å². The molecule has 0 aliphatic rings. The van der Waals surface area contributed by atoms with Crippen molar-refractivity contribution in [3.05, 3.63) is 60.2 Å². The highest BCUT2D eigenvalue weighted by atomic mass is 16.5. The monoisotopic (exact) mass is 228 g/mol. The van der Waals surface area contributed by atoms with Gasteiger partial charge in [0.2, 0.25) is 0 Å². The van der Waals surface area contributed by atoms with E-state index in [0.717, 1.165) is 5.69 Å². The van der Waals surface area contributed by atoms with Crippen LogP contribution in [0.3, 0.4) is 0 Å². The molecular weight excluding hydrogens is 216 g/mol. The Hall–Kier alpha value is -2.04. The summed E-state index contributed by atoms with van der Waals surface area (Å²) in [4.78, 5) is 0. The van der Waals surface area contributed by atoms with Gasteiger partial charge in [-0.1, -0.05) is 36.4 Å². The lowest BCUT2D eigenvalue weighted by atomic mass is 10.2. The average molecular weight is 228 g/mol. The number of azo groups is 1. The van der Waals surface area contributed by atoms with Gasteiger partial charge in [-0.15, -0.1) is 0 Å².